The van der Waals surface area contributed by atoms with E-state index in [1.165, 1.54) is 4.31 Å². The summed E-state index contributed by atoms with van der Waals surface area (Å²) in [4.78, 5) is 14.6. The maximum absolute atomic E-state index is 12.8. The number of rotatable bonds is 4. The van der Waals surface area contributed by atoms with E-state index in [4.69, 9.17) is 0 Å². The van der Waals surface area contributed by atoms with Gasteiger partial charge in [0, 0.05) is 13.1 Å². The van der Waals surface area contributed by atoms with Gasteiger partial charge in [-0.1, -0.05) is 25.0 Å². The number of anilines is 1. The summed E-state index contributed by atoms with van der Waals surface area (Å²) in [5, 5.41) is 0. The van der Waals surface area contributed by atoms with Crippen LogP contribution in [-0.4, -0.2) is 44.6 Å². The minimum absolute atomic E-state index is 0.112. The van der Waals surface area contributed by atoms with Gasteiger partial charge in [-0.15, -0.1) is 0 Å². The summed E-state index contributed by atoms with van der Waals surface area (Å²) in [7, 11) is -3.54. The van der Waals surface area contributed by atoms with Gasteiger partial charge >= 0.3 is 0 Å². The molecule has 0 radical (unpaired) electrons. The molecule has 1 aliphatic rings. The van der Waals surface area contributed by atoms with Gasteiger partial charge in [-0.25, -0.2) is 8.42 Å². The van der Waals surface area contributed by atoms with Crippen molar-refractivity contribution in [2.75, 3.05) is 23.7 Å². The molecule has 1 aromatic rings. The van der Waals surface area contributed by atoms with Gasteiger partial charge in [-0.05, 0) is 44.4 Å². The monoisotopic (exact) mass is 338 g/mol. The fourth-order valence-electron chi connectivity index (χ4n) is 3.12. The molecule has 1 fully saturated rings. The van der Waals surface area contributed by atoms with Gasteiger partial charge in [-0.3, -0.25) is 9.10 Å². The molecule has 23 heavy (non-hydrogen) atoms. The quantitative estimate of drug-likeness (QED) is 0.848. The van der Waals surface area contributed by atoms with Crippen LogP contribution in [0.3, 0.4) is 0 Å². The van der Waals surface area contributed by atoms with Gasteiger partial charge < -0.3 is 4.90 Å². The predicted octanol–water partition coefficient (Wildman–Crippen LogP) is 2.55. The molecule has 0 aliphatic carbocycles. The largest absolute Gasteiger partial charge is 0.341 e. The van der Waals surface area contributed by atoms with E-state index in [-0.39, 0.29) is 5.91 Å². The molecule has 2 rings (SSSR count). The Morgan fingerprint density at radius 2 is 1.78 bits per heavy atom. The highest BCUT2D eigenvalue weighted by molar-refractivity contribution is 7.92. The van der Waals surface area contributed by atoms with Crippen molar-refractivity contribution in [3.8, 4) is 0 Å². The normalized spacial score (nSPS) is 17.4. The van der Waals surface area contributed by atoms with Gasteiger partial charge in [0.25, 0.3) is 0 Å². The maximum atomic E-state index is 12.8. The van der Waals surface area contributed by atoms with Crippen LogP contribution in [-0.2, 0) is 14.8 Å². The second kappa shape index (κ2) is 7.34. The van der Waals surface area contributed by atoms with Crippen LogP contribution in [0.1, 0.15) is 38.2 Å². The molecule has 1 heterocycles. The first-order valence-electron chi connectivity index (χ1n) is 8.15. The summed E-state index contributed by atoms with van der Waals surface area (Å²) in [6.45, 7) is 5.02. The van der Waals surface area contributed by atoms with Crippen molar-refractivity contribution in [3.05, 3.63) is 29.8 Å². The Morgan fingerprint density at radius 1 is 1.17 bits per heavy atom. The van der Waals surface area contributed by atoms with E-state index in [1.54, 1.807) is 19.1 Å². The van der Waals surface area contributed by atoms with E-state index in [0.29, 0.717) is 18.8 Å². The molecule has 0 N–H and O–H groups in total. The molecular formula is C17H26N2O3S. The molecule has 0 saturated carbocycles. The van der Waals surface area contributed by atoms with Crippen molar-refractivity contribution < 1.29 is 13.2 Å². The summed E-state index contributed by atoms with van der Waals surface area (Å²) in [5.74, 6) is -0.112. The topological polar surface area (TPSA) is 57.7 Å². The van der Waals surface area contributed by atoms with Crippen molar-refractivity contribution >= 4 is 21.6 Å². The molecule has 0 spiro atoms. The average Bonchev–Trinajstić information content (AvgIpc) is 2.74. The number of carbonyl (C=O) groups excluding carboxylic acids is 1. The Morgan fingerprint density at radius 3 is 2.30 bits per heavy atom. The van der Waals surface area contributed by atoms with E-state index in [9.17, 15) is 13.2 Å². The number of benzene rings is 1. The number of aryl methyl sites for hydroxylation is 1. The fraction of sp³-hybridized carbons (Fsp3) is 0.588. The van der Waals surface area contributed by atoms with Gasteiger partial charge in [0.2, 0.25) is 15.9 Å². The molecule has 0 unspecified atom stereocenters. The Balaban J connectivity index is 2.30. The minimum atomic E-state index is -3.54. The van der Waals surface area contributed by atoms with E-state index in [0.717, 1.165) is 37.5 Å². The molecule has 5 nitrogen and oxygen atoms in total. The lowest BCUT2D eigenvalue weighted by Crippen LogP contribution is -2.49. The Labute approximate surface area is 139 Å². The van der Waals surface area contributed by atoms with E-state index >= 15 is 0 Å². The first-order valence-corrected chi connectivity index (χ1v) is 10.0. The van der Waals surface area contributed by atoms with Crippen molar-refractivity contribution in [3.63, 3.8) is 0 Å². The molecule has 1 amide bonds. The lowest BCUT2D eigenvalue weighted by Gasteiger charge is -2.32. The highest BCUT2D eigenvalue weighted by atomic mass is 32.2. The third-order valence-electron chi connectivity index (χ3n) is 4.24. The first kappa shape index (κ1) is 17.8. The number of sulfonamides is 1. The maximum Gasteiger partial charge on any atom is 0.246 e. The zero-order chi connectivity index (χ0) is 17.0. The average molecular weight is 338 g/mol. The highest BCUT2D eigenvalue weighted by Crippen LogP contribution is 2.23. The van der Waals surface area contributed by atoms with Crippen molar-refractivity contribution in [1.82, 2.24) is 4.90 Å². The summed E-state index contributed by atoms with van der Waals surface area (Å²) in [6, 6.07) is 6.52. The highest BCUT2D eigenvalue weighted by Gasteiger charge is 2.32. The van der Waals surface area contributed by atoms with Crippen LogP contribution in [0.5, 0.6) is 0 Å². The van der Waals surface area contributed by atoms with Crippen LogP contribution in [0.2, 0.25) is 0 Å². The number of carbonyl (C=O) groups is 1. The number of hydrogen-bond acceptors (Lipinski definition) is 3. The third-order valence-corrected chi connectivity index (χ3v) is 5.48. The van der Waals surface area contributed by atoms with Crippen LogP contribution in [0, 0.1) is 6.92 Å². The number of nitrogens with zero attached hydrogens (tertiary/aromatic N) is 2. The SMILES string of the molecule is Cc1cccc(N([C@@H](C)C(=O)N2CCCCCC2)S(C)(=O)=O)c1. The van der Waals surface area contributed by atoms with Crippen LogP contribution in [0.25, 0.3) is 0 Å². The van der Waals surface area contributed by atoms with Gasteiger partial charge in [0.15, 0.2) is 0 Å². The van der Waals surface area contributed by atoms with E-state index in [2.05, 4.69) is 0 Å². The first-order chi connectivity index (χ1) is 10.8. The van der Waals surface area contributed by atoms with Crippen molar-refractivity contribution in [2.24, 2.45) is 0 Å². The molecule has 128 valence electrons. The van der Waals surface area contributed by atoms with E-state index in [1.807, 2.05) is 24.0 Å². The van der Waals surface area contributed by atoms with Crippen molar-refractivity contribution in [1.29, 1.82) is 0 Å². The molecule has 0 bridgehead atoms. The van der Waals surface area contributed by atoms with Gasteiger partial charge in [-0.2, -0.15) is 0 Å². The zero-order valence-corrected chi connectivity index (χ0v) is 15.0. The van der Waals surface area contributed by atoms with Crippen LogP contribution < -0.4 is 4.31 Å². The van der Waals surface area contributed by atoms with Crippen LogP contribution in [0.4, 0.5) is 5.69 Å². The second-order valence-corrected chi connectivity index (χ2v) is 8.17. The summed E-state index contributed by atoms with van der Waals surface area (Å²) in [6.07, 6.45) is 5.39. The molecule has 1 saturated heterocycles. The number of amides is 1. The summed E-state index contributed by atoms with van der Waals surface area (Å²) in [5.41, 5.74) is 1.51. The third kappa shape index (κ3) is 4.47. The zero-order valence-electron chi connectivity index (χ0n) is 14.2. The fourth-order valence-corrected chi connectivity index (χ4v) is 4.28. The Kier molecular flexibility index (Phi) is 5.68. The summed E-state index contributed by atoms with van der Waals surface area (Å²) < 4.78 is 25.8. The Bertz CT molecular complexity index is 650. The van der Waals surface area contributed by atoms with Crippen molar-refractivity contribution in [2.45, 2.75) is 45.6 Å². The molecule has 0 aromatic heterocycles. The molecule has 1 atom stereocenters. The van der Waals surface area contributed by atoms with Crippen LogP contribution >= 0.6 is 0 Å². The number of likely N-dealkylation sites (tertiary alicyclic amines) is 1. The predicted molar refractivity (Wildman–Crippen MR) is 93.0 cm³/mol. The lowest BCUT2D eigenvalue weighted by molar-refractivity contribution is -0.131. The van der Waals surface area contributed by atoms with Crippen LogP contribution in [0.15, 0.2) is 24.3 Å². The van der Waals surface area contributed by atoms with Gasteiger partial charge in [0.05, 0.1) is 11.9 Å². The summed E-state index contributed by atoms with van der Waals surface area (Å²) >= 11 is 0. The molecule has 1 aromatic carbocycles. The molecule has 6 heteroatoms. The smallest absolute Gasteiger partial charge is 0.246 e. The van der Waals surface area contributed by atoms with E-state index < -0.39 is 16.1 Å². The molecule has 1 aliphatic heterocycles. The second-order valence-electron chi connectivity index (χ2n) is 6.31. The lowest BCUT2D eigenvalue weighted by atomic mass is 10.2. The minimum Gasteiger partial charge on any atom is -0.341 e. The van der Waals surface area contributed by atoms with Gasteiger partial charge in [0.1, 0.15) is 6.04 Å². The number of hydrogen-bond donors (Lipinski definition) is 0. The molecular weight excluding hydrogens is 312 g/mol. The standard InChI is InChI=1S/C17H26N2O3S/c1-14-9-8-10-16(13-14)19(23(3,21)22)15(2)17(20)18-11-6-4-5-7-12-18/h8-10,13,15H,4-7,11-12H2,1-3H3/t15-/m0/s1. The Hall–Kier alpha value is -1.56.